The Kier molecular flexibility index (Phi) is 19.9. The fourth-order valence-electron chi connectivity index (χ4n) is 0. The van der Waals surface area contributed by atoms with Gasteiger partial charge in [0, 0.05) is 0 Å². The van der Waals surface area contributed by atoms with Crippen molar-refractivity contribution in [3.63, 3.8) is 0 Å². The Morgan fingerprint density at radius 2 is 1.25 bits per heavy atom. The van der Waals surface area contributed by atoms with E-state index < -0.39 is 0 Å². The Morgan fingerprint density at radius 1 is 1.25 bits per heavy atom. The maximum absolute atomic E-state index is 4.64. The van der Waals surface area contributed by atoms with E-state index in [1.54, 1.807) is 0 Å². The molecule has 0 atom stereocenters. The zero-order valence-corrected chi connectivity index (χ0v) is 5.31. The van der Waals surface area contributed by atoms with Gasteiger partial charge in [-0.3, -0.25) is 0 Å². The predicted octanol–water partition coefficient (Wildman–Crippen LogP) is 1.58. The zero-order chi connectivity index (χ0) is 2.71. The van der Waals surface area contributed by atoms with Crippen molar-refractivity contribution >= 4 is 23.2 Å². The van der Waals surface area contributed by atoms with Gasteiger partial charge in [0.05, 0.1) is 0 Å². The molecule has 3 heteroatoms. The van der Waals surface area contributed by atoms with Crippen molar-refractivity contribution in [2.45, 2.75) is 0 Å². The molecule has 0 aliphatic carbocycles. The van der Waals surface area contributed by atoms with Crippen LogP contribution in [0.1, 0.15) is 0 Å². The van der Waals surface area contributed by atoms with E-state index in [1.807, 2.05) is 0 Å². The van der Waals surface area contributed by atoms with Crippen LogP contribution in [0.2, 0.25) is 0 Å². The summed E-state index contributed by atoms with van der Waals surface area (Å²) in [6.07, 6.45) is 0. The largest absolute Gasteiger partial charge is 1.00 e. The number of rotatable bonds is 0. The Balaban J connectivity index is 0. The van der Waals surface area contributed by atoms with Crippen LogP contribution in [0.5, 0.6) is 0 Å². The Labute approximate surface area is 51.0 Å². The van der Waals surface area contributed by atoms with Gasteiger partial charge in [-0.25, -0.2) is 0 Å². The van der Waals surface area contributed by atoms with Crippen molar-refractivity contribution in [2.24, 2.45) is 0 Å². The summed E-state index contributed by atoms with van der Waals surface area (Å²) in [5.41, 5.74) is 0. The van der Waals surface area contributed by atoms with Gasteiger partial charge in [-0.2, -0.15) is 5.34 Å². The van der Waals surface area contributed by atoms with Crippen LogP contribution < -0.4 is 0 Å². The molecule has 0 saturated heterocycles. The van der Waals surface area contributed by atoms with Crippen molar-refractivity contribution < 1.29 is 22.4 Å². The predicted molar refractivity (Wildman–Crippen MR) is 16.0 cm³/mol. The topological polar surface area (TPSA) is 0 Å². The van der Waals surface area contributed by atoms with Crippen molar-refractivity contribution in [1.82, 2.24) is 0 Å². The Bertz CT molecular complexity index is 6.00. The number of hydrogen-bond donors (Lipinski definition) is 0. The van der Waals surface area contributed by atoms with E-state index in [2.05, 4.69) is 23.2 Å². The molecule has 0 fully saturated rings. The first-order valence-electron chi connectivity index (χ1n) is 0.436. The van der Waals surface area contributed by atoms with E-state index in [1.165, 1.54) is 0 Å². The standard InChI is InChI=1S/CHCl2.Au/c2-1-3;/h1H;/q-1;+1. The average molecular weight is 281 g/mol. The summed E-state index contributed by atoms with van der Waals surface area (Å²) in [7, 11) is 0. The van der Waals surface area contributed by atoms with Gasteiger partial charge in [0.1, 0.15) is 0 Å². The third kappa shape index (κ3) is 10.3. The molecule has 0 spiro atoms. The summed E-state index contributed by atoms with van der Waals surface area (Å²) in [5, 5.41) is 0.944. The molecule has 0 aromatic carbocycles. The van der Waals surface area contributed by atoms with Gasteiger partial charge in [-0.15, -0.1) is 0 Å². The van der Waals surface area contributed by atoms with Crippen molar-refractivity contribution in [2.75, 3.05) is 0 Å². The molecule has 0 heterocycles. The summed E-state index contributed by atoms with van der Waals surface area (Å²) in [4.78, 5) is 0. The van der Waals surface area contributed by atoms with Gasteiger partial charge >= 0.3 is 22.4 Å². The molecule has 0 nitrogen and oxygen atoms in total. The first kappa shape index (κ1) is 9.01. The number of halogens is 2. The molecular weight excluding hydrogens is 280 g/mol. The van der Waals surface area contributed by atoms with E-state index in [0.717, 1.165) is 5.34 Å². The summed E-state index contributed by atoms with van der Waals surface area (Å²) in [6, 6.07) is 0. The number of hydrogen-bond acceptors (Lipinski definition) is 0. The summed E-state index contributed by atoms with van der Waals surface area (Å²) < 4.78 is 0. The van der Waals surface area contributed by atoms with E-state index in [-0.39, 0.29) is 22.4 Å². The summed E-state index contributed by atoms with van der Waals surface area (Å²) in [6.45, 7) is 0. The second-order valence-corrected chi connectivity index (χ2v) is 0.742. The Hall–Kier alpha value is 1.32. The molecule has 0 aliphatic heterocycles. The second-order valence-electron chi connectivity index (χ2n) is 0.0825. The van der Waals surface area contributed by atoms with Gasteiger partial charge in [-0.1, -0.05) is 0 Å². The van der Waals surface area contributed by atoms with Crippen LogP contribution in [-0.2, 0) is 22.4 Å². The SMILES string of the molecule is Cl[CH-]Cl.[Au+]. The van der Waals surface area contributed by atoms with Gasteiger partial charge < -0.3 is 23.2 Å². The van der Waals surface area contributed by atoms with Crippen LogP contribution in [0.15, 0.2) is 0 Å². The van der Waals surface area contributed by atoms with Crippen molar-refractivity contribution in [1.29, 1.82) is 0 Å². The third-order valence-corrected chi connectivity index (χ3v) is 0. The minimum atomic E-state index is 0. The van der Waals surface area contributed by atoms with Crippen LogP contribution >= 0.6 is 23.2 Å². The molecule has 30 valence electrons. The van der Waals surface area contributed by atoms with Gasteiger partial charge in [0.15, 0.2) is 0 Å². The van der Waals surface area contributed by atoms with E-state index >= 15 is 0 Å². The van der Waals surface area contributed by atoms with E-state index in [9.17, 15) is 0 Å². The Morgan fingerprint density at radius 3 is 1.25 bits per heavy atom. The molecule has 0 aliphatic rings. The smallest absolute Gasteiger partial charge is 0.333 e. The van der Waals surface area contributed by atoms with Crippen LogP contribution in [0.3, 0.4) is 0 Å². The van der Waals surface area contributed by atoms with Gasteiger partial charge in [0.2, 0.25) is 0 Å². The first-order chi connectivity index (χ1) is 1.41. The zero-order valence-electron chi connectivity index (χ0n) is 1.63. The van der Waals surface area contributed by atoms with Crippen LogP contribution in [0, 0.1) is 5.34 Å². The minimum Gasteiger partial charge on any atom is -0.333 e. The quantitative estimate of drug-likeness (QED) is 0.467. The molecule has 0 bridgehead atoms. The van der Waals surface area contributed by atoms with Crippen molar-refractivity contribution in [3.8, 4) is 0 Å². The van der Waals surface area contributed by atoms with Crippen molar-refractivity contribution in [3.05, 3.63) is 5.34 Å². The summed E-state index contributed by atoms with van der Waals surface area (Å²) in [5.74, 6) is 0. The van der Waals surface area contributed by atoms with Crippen LogP contribution in [0.25, 0.3) is 0 Å². The average Bonchev–Trinajstić information content (AvgIpc) is 0.918. The second kappa shape index (κ2) is 8.85. The molecule has 0 unspecified atom stereocenters. The molecule has 0 aromatic rings. The van der Waals surface area contributed by atoms with Gasteiger partial charge in [-0.05, 0) is 0 Å². The normalized spacial score (nSPS) is 4.50. The molecular formula is CHAuCl2. The monoisotopic (exact) mass is 280 g/mol. The molecule has 0 rings (SSSR count). The fourth-order valence-corrected chi connectivity index (χ4v) is 0. The fraction of sp³-hybridized carbons (Fsp3) is 0. The van der Waals surface area contributed by atoms with Crippen LogP contribution in [0.4, 0.5) is 0 Å². The van der Waals surface area contributed by atoms with Crippen LogP contribution in [-0.4, -0.2) is 0 Å². The molecule has 0 amide bonds. The van der Waals surface area contributed by atoms with Gasteiger partial charge in [0.25, 0.3) is 0 Å². The molecule has 0 N–H and O–H groups in total. The third-order valence-electron chi connectivity index (χ3n) is 0. The van der Waals surface area contributed by atoms with E-state index in [0.29, 0.717) is 0 Å². The minimum absolute atomic E-state index is 0. The molecule has 0 radical (unpaired) electrons. The summed E-state index contributed by atoms with van der Waals surface area (Å²) >= 11 is 9.28. The molecule has 0 aromatic heterocycles. The maximum atomic E-state index is 4.64. The van der Waals surface area contributed by atoms with E-state index in [4.69, 9.17) is 0 Å². The molecule has 4 heavy (non-hydrogen) atoms. The maximum Gasteiger partial charge on any atom is 1.00 e. The first-order valence-corrected chi connectivity index (χ1v) is 1.31. The molecule has 0 saturated carbocycles.